The molecule has 2 N–H and O–H groups in total. The normalized spacial score (nSPS) is 11.9. The van der Waals surface area contributed by atoms with Crippen LogP contribution in [0.4, 0.5) is 0 Å². The molecule has 0 fully saturated rings. The van der Waals surface area contributed by atoms with Crippen LogP contribution in [-0.4, -0.2) is 51.1 Å². The Labute approximate surface area is 146 Å². The van der Waals surface area contributed by atoms with Crippen molar-refractivity contribution in [3.05, 3.63) is 22.4 Å². The average molecular weight is 339 g/mol. The molecular formula is C18H34N4S. The summed E-state index contributed by atoms with van der Waals surface area (Å²) in [5.41, 5.74) is 0. The van der Waals surface area contributed by atoms with Crippen LogP contribution in [0.3, 0.4) is 0 Å². The maximum atomic E-state index is 4.67. The maximum Gasteiger partial charge on any atom is 0.191 e. The van der Waals surface area contributed by atoms with Crippen molar-refractivity contribution < 1.29 is 0 Å². The molecule has 0 aliphatic rings. The molecule has 1 aromatic heterocycles. The van der Waals surface area contributed by atoms with Crippen LogP contribution in [0.5, 0.6) is 0 Å². The lowest BCUT2D eigenvalue weighted by molar-refractivity contribution is 0.390. The quantitative estimate of drug-likeness (QED) is 0.349. The van der Waals surface area contributed by atoms with Crippen molar-refractivity contribution in [2.75, 3.05) is 40.3 Å². The molecule has 0 saturated carbocycles. The van der Waals surface area contributed by atoms with Gasteiger partial charge in [0.05, 0.1) is 0 Å². The van der Waals surface area contributed by atoms with Gasteiger partial charge in [-0.15, -0.1) is 11.3 Å². The predicted octanol–water partition coefficient (Wildman–Crippen LogP) is 3.36. The fraction of sp³-hybridized carbons (Fsp3) is 0.722. The minimum atomic E-state index is 0.912. The van der Waals surface area contributed by atoms with Crippen LogP contribution in [-0.2, 0) is 6.42 Å². The van der Waals surface area contributed by atoms with Crippen molar-refractivity contribution in [1.82, 2.24) is 15.5 Å². The van der Waals surface area contributed by atoms with E-state index >= 15 is 0 Å². The summed E-state index contributed by atoms with van der Waals surface area (Å²) in [4.78, 5) is 8.35. The number of nitrogens with one attached hydrogen (secondary N) is 2. The number of aliphatic imine (C=N–C) groups is 1. The van der Waals surface area contributed by atoms with Crippen LogP contribution in [0.15, 0.2) is 22.5 Å². The van der Waals surface area contributed by atoms with E-state index in [9.17, 15) is 0 Å². The average Bonchev–Trinajstić information content (AvgIpc) is 3.03. The summed E-state index contributed by atoms with van der Waals surface area (Å²) in [6.07, 6.45) is 7.50. The Kier molecular flexibility index (Phi) is 11.6. The second kappa shape index (κ2) is 13.4. The lowest BCUT2D eigenvalue weighted by Crippen LogP contribution is -2.38. The number of hydrogen-bond acceptors (Lipinski definition) is 3. The molecule has 0 radical (unpaired) electrons. The molecule has 0 bridgehead atoms. The van der Waals surface area contributed by atoms with Gasteiger partial charge in [-0.2, -0.15) is 0 Å². The summed E-state index contributed by atoms with van der Waals surface area (Å²) in [5, 5.41) is 8.88. The lowest BCUT2D eigenvalue weighted by atomic mass is 10.1. The topological polar surface area (TPSA) is 39.7 Å². The standard InChI is InChI=1S/C18H34N4S/c1-4-19-18(21-14-12-17-11-10-16-23-17)20-13-8-6-5-7-9-15-22(2)3/h10-11,16H,4-9,12-15H2,1-3H3,(H2,19,20,21). The Morgan fingerprint density at radius 1 is 1.13 bits per heavy atom. The molecule has 0 aliphatic heterocycles. The van der Waals surface area contributed by atoms with Crippen LogP contribution in [0.1, 0.15) is 43.9 Å². The molecule has 0 saturated heterocycles. The highest BCUT2D eigenvalue weighted by atomic mass is 32.1. The third-order valence-corrected chi connectivity index (χ3v) is 4.56. The van der Waals surface area contributed by atoms with Crippen LogP contribution in [0.25, 0.3) is 0 Å². The largest absolute Gasteiger partial charge is 0.357 e. The van der Waals surface area contributed by atoms with Gasteiger partial charge in [-0.1, -0.05) is 25.3 Å². The molecule has 0 spiro atoms. The first-order chi connectivity index (χ1) is 11.2. The smallest absolute Gasteiger partial charge is 0.191 e. The zero-order valence-corrected chi connectivity index (χ0v) is 15.9. The van der Waals surface area contributed by atoms with Gasteiger partial charge in [-0.3, -0.25) is 4.99 Å². The molecule has 1 aromatic rings. The van der Waals surface area contributed by atoms with Crippen LogP contribution in [0, 0.1) is 0 Å². The first-order valence-corrected chi connectivity index (χ1v) is 9.79. The minimum Gasteiger partial charge on any atom is -0.357 e. The van der Waals surface area contributed by atoms with Gasteiger partial charge in [0.25, 0.3) is 0 Å². The summed E-state index contributed by atoms with van der Waals surface area (Å²) in [6.45, 7) is 6.09. The molecule has 0 aromatic carbocycles. The number of thiophene rings is 1. The molecule has 4 nitrogen and oxygen atoms in total. The van der Waals surface area contributed by atoms with Gasteiger partial charge in [-0.25, -0.2) is 0 Å². The molecular weight excluding hydrogens is 304 g/mol. The van der Waals surface area contributed by atoms with E-state index in [-0.39, 0.29) is 0 Å². The van der Waals surface area contributed by atoms with Gasteiger partial charge in [0.2, 0.25) is 0 Å². The van der Waals surface area contributed by atoms with E-state index in [1.165, 1.54) is 43.5 Å². The molecule has 1 heterocycles. The number of guanidine groups is 1. The van der Waals surface area contributed by atoms with Gasteiger partial charge in [-0.05, 0) is 58.3 Å². The number of nitrogens with zero attached hydrogens (tertiary/aromatic N) is 2. The van der Waals surface area contributed by atoms with Crippen molar-refractivity contribution in [2.24, 2.45) is 4.99 Å². The lowest BCUT2D eigenvalue weighted by Gasteiger charge is -2.11. The Morgan fingerprint density at radius 3 is 2.61 bits per heavy atom. The zero-order valence-electron chi connectivity index (χ0n) is 15.1. The molecule has 5 heteroatoms. The maximum absolute atomic E-state index is 4.67. The SMILES string of the molecule is CCNC(=NCCCCCCCN(C)C)NCCc1cccs1. The Hall–Kier alpha value is -1.07. The number of rotatable bonds is 12. The Morgan fingerprint density at radius 2 is 1.91 bits per heavy atom. The van der Waals surface area contributed by atoms with E-state index in [1.807, 2.05) is 11.3 Å². The summed E-state index contributed by atoms with van der Waals surface area (Å²) < 4.78 is 0. The van der Waals surface area contributed by atoms with Crippen molar-refractivity contribution in [2.45, 2.75) is 45.4 Å². The molecule has 0 atom stereocenters. The van der Waals surface area contributed by atoms with Gasteiger partial charge < -0.3 is 15.5 Å². The third kappa shape index (κ3) is 11.2. The molecule has 1 rings (SSSR count). The van der Waals surface area contributed by atoms with Crippen LogP contribution < -0.4 is 10.6 Å². The van der Waals surface area contributed by atoms with Crippen molar-refractivity contribution in [3.8, 4) is 0 Å². The van der Waals surface area contributed by atoms with E-state index in [2.05, 4.69) is 59.1 Å². The fourth-order valence-electron chi connectivity index (χ4n) is 2.36. The number of unbranched alkanes of at least 4 members (excludes halogenated alkanes) is 4. The first kappa shape index (κ1) is 20.0. The second-order valence-corrected chi connectivity index (χ2v) is 7.12. The minimum absolute atomic E-state index is 0.912. The van der Waals surface area contributed by atoms with Crippen molar-refractivity contribution in [1.29, 1.82) is 0 Å². The van der Waals surface area contributed by atoms with Crippen LogP contribution >= 0.6 is 11.3 Å². The molecule has 132 valence electrons. The third-order valence-electron chi connectivity index (χ3n) is 3.62. The van der Waals surface area contributed by atoms with E-state index < -0.39 is 0 Å². The Balaban J connectivity index is 2.08. The Bertz CT molecular complexity index is 401. The summed E-state index contributed by atoms with van der Waals surface area (Å²) in [7, 11) is 4.28. The predicted molar refractivity (Wildman–Crippen MR) is 104 cm³/mol. The molecule has 23 heavy (non-hydrogen) atoms. The highest BCUT2D eigenvalue weighted by Crippen LogP contribution is 2.08. The van der Waals surface area contributed by atoms with E-state index in [1.54, 1.807) is 0 Å². The molecule has 0 amide bonds. The first-order valence-electron chi connectivity index (χ1n) is 8.91. The van der Waals surface area contributed by atoms with Gasteiger partial charge in [0, 0.05) is 24.5 Å². The van der Waals surface area contributed by atoms with E-state index in [0.29, 0.717) is 0 Å². The summed E-state index contributed by atoms with van der Waals surface area (Å²) in [6, 6.07) is 4.30. The highest BCUT2D eigenvalue weighted by molar-refractivity contribution is 7.09. The second-order valence-electron chi connectivity index (χ2n) is 6.09. The fourth-order valence-corrected chi connectivity index (χ4v) is 3.07. The van der Waals surface area contributed by atoms with Gasteiger partial charge in [0.1, 0.15) is 0 Å². The van der Waals surface area contributed by atoms with Crippen molar-refractivity contribution >= 4 is 17.3 Å². The van der Waals surface area contributed by atoms with Crippen LogP contribution in [0.2, 0.25) is 0 Å². The molecule has 0 unspecified atom stereocenters. The van der Waals surface area contributed by atoms with Crippen molar-refractivity contribution in [3.63, 3.8) is 0 Å². The highest BCUT2D eigenvalue weighted by Gasteiger charge is 1.98. The number of hydrogen-bond donors (Lipinski definition) is 2. The monoisotopic (exact) mass is 338 g/mol. The van der Waals surface area contributed by atoms with E-state index in [0.717, 1.165) is 32.0 Å². The zero-order chi connectivity index (χ0) is 16.8. The molecule has 0 aliphatic carbocycles. The van der Waals surface area contributed by atoms with Gasteiger partial charge >= 0.3 is 0 Å². The summed E-state index contributed by atoms with van der Waals surface area (Å²) >= 11 is 1.82. The van der Waals surface area contributed by atoms with E-state index in [4.69, 9.17) is 0 Å². The van der Waals surface area contributed by atoms with Gasteiger partial charge in [0.15, 0.2) is 5.96 Å². The summed E-state index contributed by atoms with van der Waals surface area (Å²) in [5.74, 6) is 0.955.